The molecular weight excluding hydrogens is 366 g/mol. The maximum Gasteiger partial charge on any atom is 0.261 e. The van der Waals surface area contributed by atoms with Crippen molar-refractivity contribution in [3.05, 3.63) is 47.0 Å². The van der Waals surface area contributed by atoms with Crippen LogP contribution in [0.2, 0.25) is 0 Å². The minimum Gasteiger partial charge on any atom is -0.369 e. The molecule has 5 rings (SSSR count). The highest BCUT2D eigenvalue weighted by atomic mass is 16.1. The van der Waals surface area contributed by atoms with Gasteiger partial charge in [0.25, 0.3) is 5.56 Å². The van der Waals surface area contributed by atoms with E-state index in [1.807, 2.05) is 22.2 Å². The summed E-state index contributed by atoms with van der Waals surface area (Å²) in [6, 6.07) is 6.41. The van der Waals surface area contributed by atoms with Gasteiger partial charge in [0.05, 0.1) is 23.8 Å². The van der Waals surface area contributed by atoms with E-state index in [-0.39, 0.29) is 5.56 Å². The molecule has 0 radical (unpaired) electrons. The second-order valence-electron chi connectivity index (χ2n) is 8.22. The van der Waals surface area contributed by atoms with Crippen molar-refractivity contribution in [2.75, 3.05) is 31.1 Å². The van der Waals surface area contributed by atoms with Gasteiger partial charge >= 0.3 is 0 Å². The first-order valence-corrected chi connectivity index (χ1v) is 10.5. The van der Waals surface area contributed by atoms with Crippen LogP contribution in [0.25, 0.3) is 10.9 Å². The Bertz CT molecular complexity index is 1060. The third-order valence-corrected chi connectivity index (χ3v) is 6.39. The van der Waals surface area contributed by atoms with Gasteiger partial charge in [-0.05, 0) is 31.0 Å². The molecule has 1 aliphatic carbocycles. The van der Waals surface area contributed by atoms with Crippen molar-refractivity contribution >= 4 is 16.6 Å². The highest BCUT2D eigenvalue weighted by molar-refractivity contribution is 5.81. The van der Waals surface area contributed by atoms with Gasteiger partial charge in [0.2, 0.25) is 0 Å². The Labute approximate surface area is 169 Å². The summed E-state index contributed by atoms with van der Waals surface area (Å²) in [5.74, 6) is 0.992. The summed E-state index contributed by atoms with van der Waals surface area (Å²) in [5, 5.41) is 8.87. The normalized spacial score (nSPS) is 18.7. The number of aryl methyl sites for hydroxylation is 1. The minimum atomic E-state index is 0.0990. The lowest BCUT2D eigenvalue weighted by molar-refractivity contribution is 0.241. The smallest absolute Gasteiger partial charge is 0.261 e. The van der Waals surface area contributed by atoms with Crippen LogP contribution in [0.4, 0.5) is 5.69 Å². The van der Waals surface area contributed by atoms with Crippen molar-refractivity contribution < 1.29 is 0 Å². The van der Waals surface area contributed by atoms with Crippen LogP contribution in [0.1, 0.15) is 37.5 Å². The van der Waals surface area contributed by atoms with E-state index in [0.717, 1.165) is 68.0 Å². The predicted molar refractivity (Wildman–Crippen MR) is 112 cm³/mol. The van der Waals surface area contributed by atoms with Crippen molar-refractivity contribution in [1.29, 1.82) is 0 Å². The molecule has 8 heteroatoms. The van der Waals surface area contributed by atoms with Gasteiger partial charge < -0.3 is 9.47 Å². The molecule has 0 spiro atoms. The number of benzene rings is 1. The Morgan fingerprint density at radius 3 is 2.59 bits per heavy atom. The van der Waals surface area contributed by atoms with E-state index in [9.17, 15) is 4.79 Å². The number of aromatic nitrogens is 5. The van der Waals surface area contributed by atoms with Gasteiger partial charge in [0.1, 0.15) is 12.2 Å². The summed E-state index contributed by atoms with van der Waals surface area (Å²) < 4.78 is 3.82. The van der Waals surface area contributed by atoms with Crippen LogP contribution in [-0.4, -0.2) is 55.4 Å². The molecule has 1 aliphatic heterocycles. The number of rotatable bonds is 4. The number of fused-ring (bicyclic) bond motifs is 1. The van der Waals surface area contributed by atoms with E-state index in [1.165, 1.54) is 12.8 Å². The number of hydrogen-bond donors (Lipinski definition) is 0. The van der Waals surface area contributed by atoms with Gasteiger partial charge in [-0.25, -0.2) is 4.98 Å². The second-order valence-corrected chi connectivity index (χ2v) is 8.22. The monoisotopic (exact) mass is 393 g/mol. The summed E-state index contributed by atoms with van der Waals surface area (Å²) in [7, 11) is 1.98. The Morgan fingerprint density at radius 2 is 1.86 bits per heavy atom. The Balaban J connectivity index is 1.30. The van der Waals surface area contributed by atoms with Gasteiger partial charge in [-0.2, -0.15) is 0 Å². The first kappa shape index (κ1) is 18.3. The van der Waals surface area contributed by atoms with Crippen LogP contribution in [0, 0.1) is 0 Å². The van der Waals surface area contributed by atoms with Crippen LogP contribution < -0.4 is 10.5 Å². The highest BCUT2D eigenvalue weighted by Crippen LogP contribution is 2.28. The standard InChI is InChI=1S/C21H27N7O/c1-25-15-23-24-20(25)13-26-8-10-27(11-9-26)17-6-7-18-19(12-17)22-14-28(21(18)29)16-4-2-3-5-16/h6-7,12,14-16H,2-5,8-11,13H2,1H3. The molecule has 1 aromatic carbocycles. The zero-order valence-electron chi connectivity index (χ0n) is 16.9. The lowest BCUT2D eigenvalue weighted by Gasteiger charge is -2.35. The summed E-state index contributed by atoms with van der Waals surface area (Å²) in [6.07, 6.45) is 8.08. The van der Waals surface area contributed by atoms with E-state index < -0.39 is 0 Å². The Morgan fingerprint density at radius 1 is 1.07 bits per heavy atom. The van der Waals surface area contributed by atoms with E-state index in [2.05, 4.69) is 37.1 Å². The number of piperazine rings is 1. The molecule has 8 nitrogen and oxygen atoms in total. The minimum absolute atomic E-state index is 0.0990. The van der Waals surface area contributed by atoms with Crippen molar-refractivity contribution in [2.24, 2.45) is 7.05 Å². The van der Waals surface area contributed by atoms with Gasteiger partial charge in [-0.15, -0.1) is 10.2 Å². The van der Waals surface area contributed by atoms with Crippen LogP contribution >= 0.6 is 0 Å². The molecule has 0 N–H and O–H groups in total. The molecule has 0 atom stereocenters. The number of hydrogen-bond acceptors (Lipinski definition) is 6. The largest absolute Gasteiger partial charge is 0.369 e. The van der Waals surface area contributed by atoms with Gasteiger partial charge in [-0.3, -0.25) is 14.3 Å². The summed E-state index contributed by atoms with van der Waals surface area (Å²) in [5.41, 5.74) is 2.03. The molecule has 0 unspecified atom stereocenters. The zero-order chi connectivity index (χ0) is 19.8. The fraction of sp³-hybridized carbons (Fsp3) is 0.524. The van der Waals surface area contributed by atoms with Crippen LogP contribution in [0.3, 0.4) is 0 Å². The van der Waals surface area contributed by atoms with Crippen LogP contribution in [0.15, 0.2) is 35.6 Å². The molecule has 3 heterocycles. The lowest BCUT2D eigenvalue weighted by Crippen LogP contribution is -2.46. The molecule has 1 saturated carbocycles. The van der Waals surface area contributed by atoms with Crippen molar-refractivity contribution in [3.8, 4) is 0 Å². The molecule has 1 saturated heterocycles. The molecule has 3 aromatic rings. The van der Waals surface area contributed by atoms with Gasteiger partial charge in [0, 0.05) is 45.0 Å². The molecule has 2 fully saturated rings. The van der Waals surface area contributed by atoms with Gasteiger partial charge in [0.15, 0.2) is 0 Å². The molecule has 29 heavy (non-hydrogen) atoms. The quantitative estimate of drug-likeness (QED) is 0.675. The average Bonchev–Trinajstić information content (AvgIpc) is 3.41. The average molecular weight is 393 g/mol. The highest BCUT2D eigenvalue weighted by Gasteiger charge is 2.21. The third kappa shape index (κ3) is 3.53. The summed E-state index contributed by atoms with van der Waals surface area (Å²) in [6.45, 7) is 4.67. The van der Waals surface area contributed by atoms with E-state index >= 15 is 0 Å². The fourth-order valence-corrected chi connectivity index (χ4v) is 4.58. The maximum atomic E-state index is 12.9. The molecule has 0 bridgehead atoms. The Hall–Kier alpha value is -2.74. The van der Waals surface area contributed by atoms with Crippen LogP contribution in [0.5, 0.6) is 0 Å². The topological polar surface area (TPSA) is 72.1 Å². The van der Waals surface area contributed by atoms with E-state index in [0.29, 0.717) is 6.04 Å². The lowest BCUT2D eigenvalue weighted by atomic mass is 10.1. The number of anilines is 1. The fourth-order valence-electron chi connectivity index (χ4n) is 4.58. The van der Waals surface area contributed by atoms with E-state index in [1.54, 1.807) is 12.7 Å². The summed E-state index contributed by atoms with van der Waals surface area (Å²) >= 11 is 0. The first-order chi connectivity index (χ1) is 14.2. The molecule has 0 amide bonds. The molecule has 2 aliphatic rings. The van der Waals surface area contributed by atoms with Crippen molar-refractivity contribution in [1.82, 2.24) is 29.2 Å². The second kappa shape index (κ2) is 7.59. The summed E-state index contributed by atoms with van der Waals surface area (Å²) in [4.78, 5) is 22.3. The zero-order valence-corrected chi connectivity index (χ0v) is 16.9. The van der Waals surface area contributed by atoms with Crippen molar-refractivity contribution in [3.63, 3.8) is 0 Å². The molecule has 152 valence electrons. The van der Waals surface area contributed by atoms with Gasteiger partial charge in [-0.1, -0.05) is 12.8 Å². The Kier molecular flexibility index (Phi) is 4.79. The number of nitrogens with zero attached hydrogens (tertiary/aromatic N) is 7. The van der Waals surface area contributed by atoms with Crippen LogP contribution in [-0.2, 0) is 13.6 Å². The predicted octanol–water partition coefficient (Wildman–Crippen LogP) is 1.96. The van der Waals surface area contributed by atoms with E-state index in [4.69, 9.17) is 0 Å². The first-order valence-electron chi connectivity index (χ1n) is 10.5. The third-order valence-electron chi connectivity index (χ3n) is 6.39. The SMILES string of the molecule is Cn1cnnc1CN1CCN(c2ccc3c(=O)n(C4CCCC4)cnc3c2)CC1. The van der Waals surface area contributed by atoms with Crippen molar-refractivity contribution in [2.45, 2.75) is 38.3 Å². The maximum absolute atomic E-state index is 12.9. The molecular formula is C21H27N7O. The molecule has 2 aromatic heterocycles.